The summed E-state index contributed by atoms with van der Waals surface area (Å²) < 4.78 is 5.20. The monoisotopic (exact) mass is 320 g/mol. The van der Waals surface area contributed by atoms with Crippen LogP contribution in [0.4, 0.5) is 0 Å². The highest BCUT2D eigenvalue weighted by Gasteiger charge is 2.29. The quantitative estimate of drug-likeness (QED) is 0.556. The van der Waals surface area contributed by atoms with Crippen molar-refractivity contribution in [1.29, 1.82) is 0 Å². The van der Waals surface area contributed by atoms with Gasteiger partial charge in [0, 0.05) is 23.0 Å². The molecule has 0 aliphatic rings. The van der Waals surface area contributed by atoms with Crippen LogP contribution in [0.1, 0.15) is 12.8 Å². The van der Waals surface area contributed by atoms with Gasteiger partial charge < -0.3 is 25.7 Å². The molecule has 0 bridgehead atoms. The van der Waals surface area contributed by atoms with Gasteiger partial charge in [0.2, 0.25) is 0 Å². The predicted octanol–water partition coefficient (Wildman–Crippen LogP) is 0.966. The summed E-state index contributed by atoms with van der Waals surface area (Å²) in [5.74, 6) is -4.09. The molecule has 8 nitrogen and oxygen atoms in total. The summed E-state index contributed by atoms with van der Waals surface area (Å²) in [4.78, 5) is 36.7. The highest BCUT2D eigenvalue weighted by molar-refractivity contribution is 5.89. The van der Waals surface area contributed by atoms with E-state index in [1.54, 1.807) is 18.2 Å². The number of carbonyl (C=O) groups is 3. The second-order valence-electron chi connectivity index (χ2n) is 5.10. The number of para-hydroxylation sites is 1. The van der Waals surface area contributed by atoms with Crippen molar-refractivity contribution in [3.05, 3.63) is 30.5 Å². The highest BCUT2D eigenvalue weighted by Crippen LogP contribution is 2.26. The lowest BCUT2D eigenvalue weighted by Gasteiger charge is -2.17. The molecule has 0 radical (unpaired) electrons. The number of carbonyl (C=O) groups excluding carboxylic acids is 1. The molecule has 0 spiro atoms. The van der Waals surface area contributed by atoms with Crippen molar-refractivity contribution in [2.45, 2.75) is 18.9 Å². The van der Waals surface area contributed by atoms with Crippen LogP contribution in [-0.2, 0) is 14.4 Å². The molecule has 2 aromatic rings. The van der Waals surface area contributed by atoms with E-state index in [-0.39, 0.29) is 0 Å². The first-order valence-electron chi connectivity index (χ1n) is 6.85. The number of hydrogen-bond acceptors (Lipinski definition) is 5. The number of H-pyrrole nitrogens is 1. The van der Waals surface area contributed by atoms with E-state index in [4.69, 9.17) is 20.7 Å². The highest BCUT2D eigenvalue weighted by atomic mass is 16.5. The van der Waals surface area contributed by atoms with Crippen molar-refractivity contribution < 1.29 is 29.3 Å². The van der Waals surface area contributed by atoms with Crippen molar-refractivity contribution in [3.8, 4) is 5.75 Å². The number of esters is 1. The van der Waals surface area contributed by atoms with Crippen LogP contribution < -0.4 is 10.5 Å². The van der Waals surface area contributed by atoms with E-state index in [9.17, 15) is 14.4 Å². The summed E-state index contributed by atoms with van der Waals surface area (Å²) in [7, 11) is 0. The van der Waals surface area contributed by atoms with Gasteiger partial charge >= 0.3 is 17.9 Å². The van der Waals surface area contributed by atoms with Crippen LogP contribution in [0.15, 0.2) is 30.5 Å². The number of benzene rings is 1. The van der Waals surface area contributed by atoms with Crippen molar-refractivity contribution in [3.63, 3.8) is 0 Å². The van der Waals surface area contributed by atoms with Crippen LogP contribution in [-0.4, -0.2) is 39.1 Å². The minimum absolute atomic E-state index is 0.295. The van der Waals surface area contributed by atoms with Crippen LogP contribution in [0, 0.1) is 5.92 Å². The first-order chi connectivity index (χ1) is 10.9. The third kappa shape index (κ3) is 4.07. The topological polar surface area (TPSA) is 143 Å². The molecule has 0 saturated carbocycles. The summed E-state index contributed by atoms with van der Waals surface area (Å²) in [6.45, 7) is 0. The Labute approximate surface area is 130 Å². The van der Waals surface area contributed by atoms with Crippen LogP contribution in [0.3, 0.4) is 0 Å². The maximum absolute atomic E-state index is 12.0. The average molecular weight is 320 g/mol. The van der Waals surface area contributed by atoms with E-state index in [0.29, 0.717) is 11.1 Å². The lowest BCUT2D eigenvalue weighted by molar-refractivity contribution is -0.143. The van der Waals surface area contributed by atoms with Crippen molar-refractivity contribution in [2.75, 3.05) is 0 Å². The molecule has 5 N–H and O–H groups in total. The molecular weight excluding hydrogens is 304 g/mol. The third-order valence-corrected chi connectivity index (χ3v) is 3.43. The van der Waals surface area contributed by atoms with Gasteiger partial charge in [-0.1, -0.05) is 12.1 Å². The number of ether oxygens (including phenoxy) is 1. The molecule has 0 fully saturated rings. The molecule has 0 saturated heterocycles. The number of hydrogen-bond donors (Lipinski definition) is 4. The largest absolute Gasteiger partial charge is 0.481 e. The number of aromatic amines is 1. The summed E-state index contributed by atoms with van der Waals surface area (Å²) in [6, 6.07) is 5.70. The molecule has 0 aliphatic heterocycles. The summed E-state index contributed by atoms with van der Waals surface area (Å²) in [5.41, 5.74) is 6.22. The molecule has 1 unspecified atom stereocenters. The number of nitrogens with one attached hydrogen (secondary N) is 1. The number of aromatic nitrogens is 1. The Morgan fingerprint density at radius 2 is 1.87 bits per heavy atom. The number of nitrogens with two attached hydrogens (primary N) is 1. The predicted molar refractivity (Wildman–Crippen MR) is 79.9 cm³/mol. The zero-order chi connectivity index (χ0) is 17.0. The lowest BCUT2D eigenvalue weighted by atomic mass is 9.93. The van der Waals surface area contributed by atoms with Crippen molar-refractivity contribution in [2.24, 2.45) is 11.7 Å². The molecule has 0 aliphatic carbocycles. The van der Waals surface area contributed by atoms with Gasteiger partial charge in [0.05, 0.1) is 12.8 Å². The fraction of sp³-hybridized carbons (Fsp3) is 0.267. The Hall–Kier alpha value is -2.87. The zero-order valence-electron chi connectivity index (χ0n) is 12.1. The number of carboxylic acid groups (broad SMARTS) is 2. The number of carboxylic acids is 2. The van der Waals surface area contributed by atoms with Gasteiger partial charge in [0.15, 0.2) is 5.75 Å². The molecule has 23 heavy (non-hydrogen) atoms. The Kier molecular flexibility index (Phi) is 4.97. The standard InChI is InChI=1S/C15H16N2O6/c16-14(15(21)22)8(5-12(18)19)6-13(20)23-11-7-17-10-4-2-1-3-9(10)11/h1-4,7-8,14,17H,5-6,16H2,(H,18,19)(H,21,22)/t8?,14-/m0/s1. The summed E-state index contributed by atoms with van der Waals surface area (Å²) in [6.07, 6.45) is 0.571. The molecule has 8 heteroatoms. The number of fused-ring (bicyclic) bond motifs is 1. The van der Waals surface area contributed by atoms with Gasteiger partial charge in [-0.25, -0.2) is 0 Å². The van der Waals surface area contributed by atoms with Crippen molar-refractivity contribution >= 4 is 28.8 Å². The van der Waals surface area contributed by atoms with Gasteiger partial charge in [-0.2, -0.15) is 0 Å². The number of rotatable bonds is 7. The molecule has 1 aromatic heterocycles. The van der Waals surface area contributed by atoms with E-state index >= 15 is 0 Å². The summed E-state index contributed by atoms with van der Waals surface area (Å²) in [5, 5.41) is 18.4. The maximum Gasteiger partial charge on any atom is 0.320 e. The molecule has 2 atom stereocenters. The smallest absolute Gasteiger partial charge is 0.320 e. The van der Waals surface area contributed by atoms with Gasteiger partial charge in [-0.15, -0.1) is 0 Å². The normalized spacial score (nSPS) is 13.4. The van der Waals surface area contributed by atoms with Gasteiger partial charge in [-0.3, -0.25) is 14.4 Å². The Balaban J connectivity index is 2.09. The second-order valence-corrected chi connectivity index (χ2v) is 5.10. The van der Waals surface area contributed by atoms with E-state index in [1.165, 1.54) is 6.20 Å². The Morgan fingerprint density at radius 1 is 1.17 bits per heavy atom. The van der Waals surface area contributed by atoms with E-state index in [2.05, 4.69) is 4.98 Å². The number of aliphatic carboxylic acids is 2. The van der Waals surface area contributed by atoms with Gasteiger partial charge in [0.25, 0.3) is 0 Å². The van der Waals surface area contributed by atoms with Crippen LogP contribution in [0.25, 0.3) is 10.9 Å². The molecule has 1 heterocycles. The maximum atomic E-state index is 12.0. The fourth-order valence-electron chi connectivity index (χ4n) is 2.26. The zero-order valence-corrected chi connectivity index (χ0v) is 12.1. The molecular formula is C15H16N2O6. The van der Waals surface area contributed by atoms with Gasteiger partial charge in [-0.05, 0) is 12.1 Å². The SMILES string of the molecule is N[C@H](C(=O)O)C(CC(=O)O)CC(=O)Oc1c[nH]c2ccccc12. The summed E-state index contributed by atoms with van der Waals surface area (Å²) >= 11 is 0. The minimum Gasteiger partial charge on any atom is -0.481 e. The van der Waals surface area contributed by atoms with E-state index in [1.807, 2.05) is 6.07 Å². The Bertz CT molecular complexity index is 738. The first-order valence-corrected chi connectivity index (χ1v) is 6.85. The van der Waals surface area contributed by atoms with Crippen LogP contribution in [0.2, 0.25) is 0 Å². The minimum atomic E-state index is -1.46. The second kappa shape index (κ2) is 6.93. The molecule has 2 rings (SSSR count). The lowest BCUT2D eigenvalue weighted by Crippen LogP contribution is -2.40. The van der Waals surface area contributed by atoms with E-state index < -0.39 is 42.7 Å². The molecule has 1 aromatic carbocycles. The van der Waals surface area contributed by atoms with Crippen LogP contribution in [0.5, 0.6) is 5.75 Å². The molecule has 0 amide bonds. The average Bonchev–Trinajstić information content (AvgIpc) is 2.88. The third-order valence-electron chi connectivity index (χ3n) is 3.43. The fourth-order valence-corrected chi connectivity index (χ4v) is 2.26. The Morgan fingerprint density at radius 3 is 2.52 bits per heavy atom. The van der Waals surface area contributed by atoms with Crippen molar-refractivity contribution in [1.82, 2.24) is 4.98 Å². The van der Waals surface area contributed by atoms with Crippen LogP contribution >= 0.6 is 0 Å². The van der Waals surface area contributed by atoms with Gasteiger partial charge in [0.1, 0.15) is 6.04 Å². The first kappa shape index (κ1) is 16.5. The molecule has 122 valence electrons. The van der Waals surface area contributed by atoms with E-state index in [0.717, 1.165) is 5.52 Å².